The molecular formula is C12H9BF4N3O2-. The van der Waals surface area contributed by atoms with E-state index in [0.717, 1.165) is 0 Å². The molecule has 22 heavy (non-hydrogen) atoms. The van der Waals surface area contributed by atoms with E-state index in [1.807, 2.05) is 18.2 Å². The fourth-order valence-electron chi connectivity index (χ4n) is 1.31. The Morgan fingerprint density at radius 3 is 1.91 bits per heavy atom. The van der Waals surface area contributed by atoms with Crippen LogP contribution in [0.15, 0.2) is 64.8 Å². The smallest absolute Gasteiger partial charge is 0.418 e. The number of nitrogens with zero attached hydrogens (tertiary/aromatic N) is 3. The number of azo groups is 1. The third-order valence-electron chi connectivity index (χ3n) is 2.11. The first-order chi connectivity index (χ1) is 10.3. The Labute approximate surface area is 122 Å². The maximum atomic E-state index is 10.7. The van der Waals surface area contributed by atoms with Crippen LogP contribution in [-0.2, 0) is 0 Å². The molecule has 0 bridgehead atoms. The van der Waals surface area contributed by atoms with Crippen molar-refractivity contribution in [1.82, 2.24) is 0 Å². The molecule has 0 saturated heterocycles. The van der Waals surface area contributed by atoms with Gasteiger partial charge in [-0.15, -0.1) is 5.11 Å². The minimum atomic E-state index is -6.00. The normalized spacial score (nSPS) is 10.9. The van der Waals surface area contributed by atoms with Crippen LogP contribution in [0.2, 0.25) is 0 Å². The highest BCUT2D eigenvalue weighted by Gasteiger charge is 2.20. The number of halogens is 4. The first-order valence-electron chi connectivity index (χ1n) is 5.85. The van der Waals surface area contributed by atoms with E-state index in [2.05, 4.69) is 10.2 Å². The molecule has 0 amide bonds. The second-order valence-electron chi connectivity index (χ2n) is 3.78. The number of nitro benzene ring substituents is 1. The van der Waals surface area contributed by atoms with E-state index < -0.39 is 12.2 Å². The first kappa shape index (κ1) is 17.3. The van der Waals surface area contributed by atoms with Crippen molar-refractivity contribution >= 4 is 24.3 Å². The minimum Gasteiger partial charge on any atom is -0.418 e. The molecule has 0 aliphatic rings. The Morgan fingerprint density at radius 2 is 1.36 bits per heavy atom. The summed E-state index contributed by atoms with van der Waals surface area (Å²) in [6, 6.07) is 15.3. The zero-order valence-corrected chi connectivity index (χ0v) is 10.9. The number of para-hydroxylation sites is 1. The molecule has 0 saturated carbocycles. The highest BCUT2D eigenvalue weighted by molar-refractivity contribution is 6.50. The van der Waals surface area contributed by atoms with Gasteiger partial charge in [-0.25, -0.2) is 0 Å². The second-order valence-corrected chi connectivity index (χ2v) is 3.78. The molecule has 2 aromatic rings. The zero-order chi connectivity index (χ0) is 16.6. The summed E-state index contributed by atoms with van der Waals surface area (Å²) in [5.74, 6) is 0. The van der Waals surface area contributed by atoms with Gasteiger partial charge < -0.3 is 17.3 Å². The van der Waals surface area contributed by atoms with Crippen molar-refractivity contribution < 1.29 is 22.2 Å². The molecule has 116 valence electrons. The molecule has 2 rings (SSSR count). The predicted octanol–water partition coefficient (Wildman–Crippen LogP) is 5.31. The van der Waals surface area contributed by atoms with Gasteiger partial charge >= 0.3 is 7.25 Å². The van der Waals surface area contributed by atoms with Crippen molar-refractivity contribution in [1.29, 1.82) is 0 Å². The van der Waals surface area contributed by atoms with Gasteiger partial charge in [0.1, 0.15) is 0 Å². The molecule has 0 aliphatic carbocycles. The summed E-state index contributed by atoms with van der Waals surface area (Å²) in [7, 11) is -6.00. The highest BCUT2D eigenvalue weighted by Crippen LogP contribution is 2.27. The quantitative estimate of drug-likeness (QED) is 0.253. The average molecular weight is 314 g/mol. The average Bonchev–Trinajstić information content (AvgIpc) is 2.44. The Morgan fingerprint density at radius 1 is 0.864 bits per heavy atom. The van der Waals surface area contributed by atoms with Crippen LogP contribution in [0.5, 0.6) is 0 Å². The molecule has 0 unspecified atom stereocenters. The molecular weight excluding hydrogens is 305 g/mol. The molecule has 0 radical (unpaired) electrons. The Bertz CT molecular complexity index is 644. The summed E-state index contributed by atoms with van der Waals surface area (Å²) < 4.78 is 39.0. The van der Waals surface area contributed by atoms with Crippen LogP contribution >= 0.6 is 0 Å². The van der Waals surface area contributed by atoms with Gasteiger partial charge in [0.2, 0.25) is 0 Å². The van der Waals surface area contributed by atoms with E-state index in [9.17, 15) is 27.4 Å². The topological polar surface area (TPSA) is 67.9 Å². The van der Waals surface area contributed by atoms with Crippen LogP contribution in [0.1, 0.15) is 0 Å². The van der Waals surface area contributed by atoms with Gasteiger partial charge in [-0.2, -0.15) is 5.11 Å². The van der Waals surface area contributed by atoms with Crippen molar-refractivity contribution in [2.24, 2.45) is 10.2 Å². The molecule has 2 aromatic carbocycles. The van der Waals surface area contributed by atoms with Crippen LogP contribution in [0.25, 0.3) is 0 Å². The van der Waals surface area contributed by atoms with Crippen LogP contribution in [0.4, 0.5) is 34.3 Å². The fraction of sp³-hybridized carbons (Fsp3) is 0. The first-order valence-corrected chi connectivity index (χ1v) is 5.85. The van der Waals surface area contributed by atoms with Gasteiger partial charge in [0, 0.05) is 6.07 Å². The van der Waals surface area contributed by atoms with E-state index in [-0.39, 0.29) is 11.4 Å². The summed E-state index contributed by atoms with van der Waals surface area (Å²) in [6.45, 7) is 0. The minimum absolute atomic E-state index is 0.0489. The van der Waals surface area contributed by atoms with Gasteiger partial charge in [-0.1, -0.05) is 30.3 Å². The van der Waals surface area contributed by atoms with Crippen LogP contribution in [-0.4, -0.2) is 12.2 Å². The number of nitro groups is 1. The molecule has 0 atom stereocenters. The Balaban J connectivity index is 0.000000422. The molecule has 10 heteroatoms. The molecule has 0 aromatic heterocycles. The number of rotatable bonds is 3. The second kappa shape index (κ2) is 7.86. The van der Waals surface area contributed by atoms with E-state index >= 15 is 0 Å². The number of benzene rings is 2. The molecule has 0 spiro atoms. The number of hydrogen-bond donors (Lipinski definition) is 0. The van der Waals surface area contributed by atoms with Crippen molar-refractivity contribution in [2.75, 3.05) is 0 Å². The largest absolute Gasteiger partial charge is 0.673 e. The molecule has 0 heterocycles. The lowest BCUT2D eigenvalue weighted by molar-refractivity contribution is -0.384. The lowest BCUT2D eigenvalue weighted by Crippen LogP contribution is -2.02. The monoisotopic (exact) mass is 314 g/mol. The van der Waals surface area contributed by atoms with Gasteiger partial charge in [0.05, 0.1) is 10.6 Å². The van der Waals surface area contributed by atoms with Crippen molar-refractivity contribution in [3.05, 3.63) is 64.7 Å². The number of hydrogen-bond acceptors (Lipinski definition) is 4. The highest BCUT2D eigenvalue weighted by atomic mass is 19.5. The molecule has 0 N–H and O–H groups in total. The van der Waals surface area contributed by atoms with Crippen molar-refractivity contribution in [3.8, 4) is 0 Å². The standard InChI is InChI=1S/C12H9N3O2.BF4/c16-15(17)12-9-5-4-8-11(12)14-13-10-6-2-1-3-7-10;2-1(3,4)5/h1-9H;/q;-1. The van der Waals surface area contributed by atoms with Crippen LogP contribution in [0.3, 0.4) is 0 Å². The summed E-state index contributed by atoms with van der Waals surface area (Å²) in [4.78, 5) is 10.3. The summed E-state index contributed by atoms with van der Waals surface area (Å²) >= 11 is 0. The van der Waals surface area contributed by atoms with Crippen molar-refractivity contribution in [2.45, 2.75) is 0 Å². The van der Waals surface area contributed by atoms with Gasteiger partial charge in [-0.3, -0.25) is 10.1 Å². The molecule has 0 aliphatic heterocycles. The lowest BCUT2D eigenvalue weighted by atomic mass is 10.3. The van der Waals surface area contributed by atoms with Gasteiger partial charge in [-0.05, 0) is 18.2 Å². The van der Waals surface area contributed by atoms with E-state index in [0.29, 0.717) is 5.69 Å². The maximum Gasteiger partial charge on any atom is 0.673 e. The maximum absolute atomic E-state index is 10.7. The summed E-state index contributed by atoms with van der Waals surface area (Å²) in [5.41, 5.74) is 0.860. The van der Waals surface area contributed by atoms with E-state index in [4.69, 9.17) is 0 Å². The zero-order valence-electron chi connectivity index (χ0n) is 10.9. The van der Waals surface area contributed by atoms with E-state index in [1.54, 1.807) is 30.3 Å². The lowest BCUT2D eigenvalue weighted by Gasteiger charge is -1.95. The molecule has 5 nitrogen and oxygen atoms in total. The Hall–Kier alpha value is -2.78. The van der Waals surface area contributed by atoms with E-state index in [1.165, 1.54) is 6.07 Å². The van der Waals surface area contributed by atoms with Gasteiger partial charge in [0.15, 0.2) is 5.69 Å². The molecule has 0 fully saturated rings. The van der Waals surface area contributed by atoms with Crippen molar-refractivity contribution in [3.63, 3.8) is 0 Å². The summed E-state index contributed by atoms with van der Waals surface area (Å²) in [6.07, 6.45) is 0. The Kier molecular flexibility index (Phi) is 6.17. The SMILES string of the molecule is F[B-](F)(F)F.O=[N+]([O-])c1ccccc1N=Nc1ccccc1. The van der Waals surface area contributed by atoms with Gasteiger partial charge in [0.25, 0.3) is 5.69 Å². The third kappa shape index (κ3) is 7.13. The summed E-state index contributed by atoms with van der Waals surface area (Å²) in [5, 5.41) is 18.6. The predicted molar refractivity (Wildman–Crippen MR) is 73.9 cm³/mol. The third-order valence-corrected chi connectivity index (χ3v) is 2.11. The van der Waals surface area contributed by atoms with Crippen LogP contribution in [0, 0.1) is 10.1 Å². The fourth-order valence-corrected chi connectivity index (χ4v) is 1.31. The van der Waals surface area contributed by atoms with Crippen LogP contribution < -0.4 is 0 Å².